The van der Waals surface area contributed by atoms with Crippen molar-refractivity contribution in [2.24, 2.45) is 0 Å². The van der Waals surface area contributed by atoms with Crippen LogP contribution in [0.15, 0.2) is 42.5 Å². The lowest BCUT2D eigenvalue weighted by atomic mass is 9.97. The SMILES string of the molecule is O=C(Nc1ccc(Cl)c(Cl)c1)N[C@@H]1CC[C@H](CCNC(=O)c2ccc(F)cc2)O[C@@H]1CO. The second kappa shape index (κ2) is 11.5. The molecule has 172 valence electrons. The second-order valence-electron chi connectivity index (χ2n) is 7.44. The molecule has 1 heterocycles. The highest BCUT2D eigenvalue weighted by atomic mass is 35.5. The van der Waals surface area contributed by atoms with Gasteiger partial charge in [-0.25, -0.2) is 9.18 Å². The number of carbonyl (C=O) groups is 2. The van der Waals surface area contributed by atoms with Crippen LogP contribution >= 0.6 is 23.2 Å². The number of hydrogen-bond acceptors (Lipinski definition) is 4. The van der Waals surface area contributed by atoms with E-state index in [0.717, 1.165) is 0 Å². The predicted octanol–water partition coefficient (Wildman–Crippen LogP) is 3.98. The van der Waals surface area contributed by atoms with Gasteiger partial charge in [-0.1, -0.05) is 23.2 Å². The van der Waals surface area contributed by atoms with E-state index in [4.69, 9.17) is 27.9 Å². The summed E-state index contributed by atoms with van der Waals surface area (Å²) in [6.07, 6.45) is 1.07. The van der Waals surface area contributed by atoms with Gasteiger partial charge in [0.2, 0.25) is 0 Å². The number of aliphatic hydroxyl groups is 1. The molecular formula is C22H24Cl2FN3O4. The van der Waals surface area contributed by atoms with Crippen molar-refractivity contribution in [3.63, 3.8) is 0 Å². The van der Waals surface area contributed by atoms with Gasteiger partial charge in [0.1, 0.15) is 11.9 Å². The molecule has 0 aromatic heterocycles. The van der Waals surface area contributed by atoms with Crippen LogP contribution in [0.5, 0.6) is 0 Å². The van der Waals surface area contributed by atoms with Crippen LogP contribution in [0.3, 0.4) is 0 Å². The van der Waals surface area contributed by atoms with E-state index in [0.29, 0.717) is 47.1 Å². The first-order valence-corrected chi connectivity index (χ1v) is 10.9. The maximum Gasteiger partial charge on any atom is 0.319 e. The molecule has 1 aliphatic heterocycles. The molecule has 2 aromatic rings. The topological polar surface area (TPSA) is 99.7 Å². The largest absolute Gasteiger partial charge is 0.394 e. The van der Waals surface area contributed by atoms with Crippen LogP contribution in [0.25, 0.3) is 0 Å². The normalized spacial score (nSPS) is 20.4. The Morgan fingerprint density at radius 2 is 1.84 bits per heavy atom. The zero-order valence-corrected chi connectivity index (χ0v) is 18.6. The summed E-state index contributed by atoms with van der Waals surface area (Å²) < 4.78 is 18.9. The van der Waals surface area contributed by atoms with Gasteiger partial charge in [-0.05, 0) is 61.7 Å². The van der Waals surface area contributed by atoms with E-state index in [-0.39, 0.29) is 24.7 Å². The van der Waals surface area contributed by atoms with Crippen LogP contribution in [0.1, 0.15) is 29.6 Å². The maximum absolute atomic E-state index is 13.0. The van der Waals surface area contributed by atoms with Crippen LogP contribution < -0.4 is 16.0 Å². The highest BCUT2D eigenvalue weighted by Gasteiger charge is 2.31. The fraction of sp³-hybridized carbons (Fsp3) is 0.364. The summed E-state index contributed by atoms with van der Waals surface area (Å²) in [6.45, 7) is 0.116. The maximum atomic E-state index is 13.0. The quantitative estimate of drug-likeness (QED) is 0.478. The smallest absolute Gasteiger partial charge is 0.319 e. The number of carbonyl (C=O) groups excluding carboxylic acids is 2. The lowest BCUT2D eigenvalue weighted by Gasteiger charge is -2.36. The number of halogens is 3. The zero-order valence-electron chi connectivity index (χ0n) is 17.1. The molecule has 3 rings (SSSR count). The highest BCUT2D eigenvalue weighted by Crippen LogP contribution is 2.25. The van der Waals surface area contributed by atoms with E-state index in [9.17, 15) is 19.1 Å². The number of nitrogens with one attached hydrogen (secondary N) is 3. The molecule has 0 saturated carbocycles. The molecular weight excluding hydrogens is 460 g/mol. The van der Waals surface area contributed by atoms with Crippen molar-refractivity contribution in [3.8, 4) is 0 Å². The summed E-state index contributed by atoms with van der Waals surface area (Å²) in [6, 6.07) is 9.25. The zero-order chi connectivity index (χ0) is 23.1. The highest BCUT2D eigenvalue weighted by molar-refractivity contribution is 6.42. The van der Waals surface area contributed by atoms with Crippen LogP contribution in [-0.2, 0) is 4.74 Å². The molecule has 0 radical (unpaired) electrons. The van der Waals surface area contributed by atoms with Crippen molar-refractivity contribution in [1.82, 2.24) is 10.6 Å². The minimum Gasteiger partial charge on any atom is -0.394 e. The molecule has 1 saturated heterocycles. The number of benzene rings is 2. The number of hydrogen-bond donors (Lipinski definition) is 4. The summed E-state index contributed by atoms with van der Waals surface area (Å²) in [5.41, 5.74) is 0.866. The van der Waals surface area contributed by atoms with Gasteiger partial charge in [-0.2, -0.15) is 0 Å². The fourth-order valence-corrected chi connectivity index (χ4v) is 3.77. The van der Waals surface area contributed by atoms with Crippen LogP contribution in [0.4, 0.5) is 14.9 Å². The molecule has 0 aliphatic carbocycles. The minimum atomic E-state index is -0.568. The summed E-state index contributed by atoms with van der Waals surface area (Å²) >= 11 is 11.8. The van der Waals surface area contributed by atoms with Crippen LogP contribution in [0, 0.1) is 5.82 Å². The molecule has 0 spiro atoms. The molecule has 0 bridgehead atoms. The molecule has 4 N–H and O–H groups in total. The Morgan fingerprint density at radius 3 is 2.53 bits per heavy atom. The average Bonchev–Trinajstić information content (AvgIpc) is 2.77. The lowest BCUT2D eigenvalue weighted by molar-refractivity contribution is -0.0886. The van der Waals surface area contributed by atoms with E-state index < -0.39 is 18.0 Å². The van der Waals surface area contributed by atoms with Crippen molar-refractivity contribution >= 4 is 40.8 Å². The first kappa shape index (κ1) is 24.3. The Balaban J connectivity index is 1.43. The number of ether oxygens (including phenoxy) is 1. The molecule has 3 amide bonds. The van der Waals surface area contributed by atoms with E-state index in [1.807, 2.05) is 0 Å². The molecule has 2 aromatic carbocycles. The van der Waals surface area contributed by atoms with E-state index in [1.54, 1.807) is 18.2 Å². The fourth-order valence-electron chi connectivity index (χ4n) is 3.47. The molecule has 0 unspecified atom stereocenters. The summed E-state index contributed by atoms with van der Waals surface area (Å²) in [7, 11) is 0. The third kappa shape index (κ3) is 6.80. The predicted molar refractivity (Wildman–Crippen MR) is 121 cm³/mol. The van der Waals surface area contributed by atoms with Crippen molar-refractivity contribution < 1.29 is 23.8 Å². The Morgan fingerprint density at radius 1 is 1.09 bits per heavy atom. The molecule has 10 heteroatoms. The Hall–Kier alpha value is -2.39. The lowest BCUT2D eigenvalue weighted by Crippen LogP contribution is -2.52. The van der Waals surface area contributed by atoms with Gasteiger partial charge < -0.3 is 25.8 Å². The molecule has 1 fully saturated rings. The Bertz CT molecular complexity index is 945. The van der Waals surface area contributed by atoms with Gasteiger partial charge in [0.05, 0.1) is 28.8 Å². The number of amides is 3. The first-order valence-electron chi connectivity index (χ1n) is 10.2. The first-order chi connectivity index (χ1) is 15.4. The van der Waals surface area contributed by atoms with Gasteiger partial charge in [0.25, 0.3) is 5.91 Å². The van der Waals surface area contributed by atoms with Crippen molar-refractivity contribution in [1.29, 1.82) is 0 Å². The number of rotatable bonds is 7. The monoisotopic (exact) mass is 483 g/mol. The van der Waals surface area contributed by atoms with Gasteiger partial charge in [-0.15, -0.1) is 0 Å². The van der Waals surface area contributed by atoms with E-state index in [1.165, 1.54) is 24.3 Å². The van der Waals surface area contributed by atoms with Crippen LogP contribution in [-0.4, -0.2) is 48.4 Å². The summed E-state index contributed by atoms with van der Waals surface area (Å²) in [5.74, 6) is -0.695. The van der Waals surface area contributed by atoms with Gasteiger partial charge in [-0.3, -0.25) is 4.79 Å². The molecule has 7 nitrogen and oxygen atoms in total. The minimum absolute atomic E-state index is 0.170. The van der Waals surface area contributed by atoms with E-state index in [2.05, 4.69) is 16.0 Å². The van der Waals surface area contributed by atoms with Crippen molar-refractivity contribution in [2.75, 3.05) is 18.5 Å². The van der Waals surface area contributed by atoms with E-state index >= 15 is 0 Å². The number of anilines is 1. The molecule has 32 heavy (non-hydrogen) atoms. The summed E-state index contributed by atoms with van der Waals surface area (Å²) in [5, 5.41) is 18.7. The van der Waals surface area contributed by atoms with Gasteiger partial charge >= 0.3 is 6.03 Å². The number of urea groups is 1. The molecule has 3 atom stereocenters. The third-order valence-corrected chi connectivity index (χ3v) is 5.89. The standard InChI is InChI=1S/C22H24Cl2FN3O4/c23-17-7-5-15(11-18(17)24)27-22(31)28-19-8-6-16(32-20(19)12-29)9-10-26-21(30)13-1-3-14(25)4-2-13/h1-5,7,11,16,19-20,29H,6,8-10,12H2,(H,26,30)(H2,27,28,31)/t16-,19-,20-/m1/s1. The van der Waals surface area contributed by atoms with Crippen LogP contribution in [0.2, 0.25) is 10.0 Å². The number of aliphatic hydroxyl groups excluding tert-OH is 1. The molecule has 1 aliphatic rings. The average molecular weight is 484 g/mol. The van der Waals surface area contributed by atoms with Crippen molar-refractivity contribution in [3.05, 3.63) is 63.9 Å². The second-order valence-corrected chi connectivity index (χ2v) is 8.26. The van der Waals surface area contributed by atoms with Gasteiger partial charge in [0, 0.05) is 17.8 Å². The third-order valence-electron chi connectivity index (χ3n) is 5.15. The van der Waals surface area contributed by atoms with Gasteiger partial charge in [0.15, 0.2) is 0 Å². The Labute approximate surface area is 195 Å². The summed E-state index contributed by atoms with van der Waals surface area (Å²) in [4.78, 5) is 24.4. The Kier molecular flexibility index (Phi) is 8.69. The van der Waals surface area contributed by atoms with Crippen molar-refractivity contribution in [2.45, 2.75) is 37.5 Å².